The van der Waals surface area contributed by atoms with Gasteiger partial charge in [0.1, 0.15) is 11.6 Å². The number of aryl methyl sites for hydroxylation is 1. The molecule has 1 aliphatic rings. The quantitative estimate of drug-likeness (QED) is 0.443. The van der Waals surface area contributed by atoms with Gasteiger partial charge in [0.2, 0.25) is 5.88 Å². The van der Waals surface area contributed by atoms with Crippen LogP contribution in [0.25, 0.3) is 0 Å². The molecule has 0 radical (unpaired) electrons. The van der Waals surface area contributed by atoms with Gasteiger partial charge in [-0.1, -0.05) is 29.8 Å². The van der Waals surface area contributed by atoms with Crippen LogP contribution in [-0.2, 0) is 17.6 Å². The summed E-state index contributed by atoms with van der Waals surface area (Å²) in [6.07, 6.45) is 5.77. The second kappa shape index (κ2) is 10.3. The number of carboxylic acids is 1. The van der Waals surface area contributed by atoms with Crippen LogP contribution < -0.4 is 15.4 Å². The summed E-state index contributed by atoms with van der Waals surface area (Å²) in [6, 6.07) is 10.7. The first-order valence-corrected chi connectivity index (χ1v) is 10.9. The zero-order valence-corrected chi connectivity index (χ0v) is 18.2. The second-order valence-electron chi connectivity index (χ2n) is 7.53. The monoisotopic (exact) mass is 453 g/mol. The summed E-state index contributed by atoms with van der Waals surface area (Å²) in [5, 5.41) is 16.2. The number of rotatable bonds is 9. The Morgan fingerprint density at radius 1 is 1.25 bits per heavy atom. The van der Waals surface area contributed by atoms with E-state index in [1.165, 1.54) is 18.0 Å². The number of benzene rings is 1. The summed E-state index contributed by atoms with van der Waals surface area (Å²) in [5.41, 5.74) is 2.98. The maximum absolute atomic E-state index is 11.3. The highest BCUT2D eigenvalue weighted by Crippen LogP contribution is 2.24. The lowest BCUT2D eigenvalue weighted by Crippen LogP contribution is -2.16. The number of pyridine rings is 1. The third-order valence-corrected chi connectivity index (χ3v) is 5.38. The number of hydrogen-bond donors (Lipinski definition) is 3. The average Bonchev–Trinajstić information content (AvgIpc) is 2.79. The number of nitrogens with zero attached hydrogens (tertiary/aromatic N) is 3. The van der Waals surface area contributed by atoms with Gasteiger partial charge in [0.05, 0.1) is 31.5 Å². The lowest BCUT2D eigenvalue weighted by Gasteiger charge is -2.18. The zero-order valence-electron chi connectivity index (χ0n) is 17.4. The summed E-state index contributed by atoms with van der Waals surface area (Å²) >= 11 is 6.05. The summed E-state index contributed by atoms with van der Waals surface area (Å²) in [7, 11) is 0. The first kappa shape index (κ1) is 21.8. The molecule has 1 aromatic carbocycles. The summed E-state index contributed by atoms with van der Waals surface area (Å²) in [5.74, 6) is 0.885. The van der Waals surface area contributed by atoms with Gasteiger partial charge in [-0.05, 0) is 42.2 Å². The second-order valence-corrected chi connectivity index (χ2v) is 7.97. The molecule has 3 heterocycles. The van der Waals surface area contributed by atoms with Gasteiger partial charge in [0.15, 0.2) is 0 Å². The molecule has 0 aliphatic carbocycles. The number of nitrogens with one attached hydrogen (secondary N) is 2. The van der Waals surface area contributed by atoms with Crippen molar-refractivity contribution >= 4 is 29.2 Å². The van der Waals surface area contributed by atoms with Crippen molar-refractivity contribution in [3.63, 3.8) is 0 Å². The third-order valence-electron chi connectivity index (χ3n) is 5.14. The number of fused-ring (bicyclic) bond motifs is 1. The molecule has 4 rings (SSSR count). The number of ether oxygens (including phenoxy) is 1. The van der Waals surface area contributed by atoms with Crippen molar-refractivity contribution in [2.45, 2.75) is 31.7 Å². The fourth-order valence-electron chi connectivity index (χ4n) is 3.56. The van der Waals surface area contributed by atoms with Crippen molar-refractivity contribution in [3.8, 4) is 5.88 Å². The molecule has 9 heteroatoms. The average molecular weight is 454 g/mol. The Hall–Kier alpha value is -3.39. The van der Waals surface area contributed by atoms with E-state index in [0.29, 0.717) is 29.7 Å². The SMILES string of the molecule is O=C(O)CC(Nc1cnc(OCCc2ccc3c(n2)NCCC3)cn1)c1cccc(Cl)c1. The molecular formula is C23H24ClN5O3. The highest BCUT2D eigenvalue weighted by molar-refractivity contribution is 6.30. The largest absolute Gasteiger partial charge is 0.481 e. The van der Waals surface area contributed by atoms with E-state index < -0.39 is 12.0 Å². The number of carboxylic acid groups (broad SMARTS) is 1. The van der Waals surface area contributed by atoms with E-state index in [2.05, 4.69) is 31.7 Å². The topological polar surface area (TPSA) is 109 Å². The van der Waals surface area contributed by atoms with Crippen LogP contribution in [0.15, 0.2) is 48.8 Å². The van der Waals surface area contributed by atoms with Crippen LogP contribution in [0.2, 0.25) is 5.02 Å². The number of anilines is 2. The van der Waals surface area contributed by atoms with Gasteiger partial charge >= 0.3 is 5.97 Å². The minimum Gasteiger partial charge on any atom is -0.481 e. The van der Waals surface area contributed by atoms with Crippen molar-refractivity contribution in [1.29, 1.82) is 0 Å². The summed E-state index contributed by atoms with van der Waals surface area (Å²) in [6.45, 7) is 1.39. The molecule has 166 valence electrons. The van der Waals surface area contributed by atoms with Crippen molar-refractivity contribution < 1.29 is 14.6 Å². The van der Waals surface area contributed by atoms with E-state index in [4.69, 9.17) is 16.3 Å². The van der Waals surface area contributed by atoms with E-state index >= 15 is 0 Å². The summed E-state index contributed by atoms with van der Waals surface area (Å²) in [4.78, 5) is 24.5. The number of aromatic nitrogens is 3. The van der Waals surface area contributed by atoms with Crippen LogP contribution in [0, 0.1) is 0 Å². The lowest BCUT2D eigenvalue weighted by molar-refractivity contribution is -0.137. The molecule has 1 atom stereocenters. The van der Waals surface area contributed by atoms with Gasteiger partial charge in [-0.2, -0.15) is 0 Å². The van der Waals surface area contributed by atoms with Crippen molar-refractivity contribution in [2.24, 2.45) is 0 Å². The van der Waals surface area contributed by atoms with Crippen LogP contribution >= 0.6 is 11.6 Å². The predicted molar refractivity (Wildman–Crippen MR) is 122 cm³/mol. The van der Waals surface area contributed by atoms with Crippen LogP contribution in [0.4, 0.5) is 11.6 Å². The fraction of sp³-hybridized carbons (Fsp3) is 0.304. The minimum atomic E-state index is -0.929. The van der Waals surface area contributed by atoms with Gasteiger partial charge in [0, 0.05) is 23.7 Å². The minimum absolute atomic E-state index is 0.122. The van der Waals surface area contributed by atoms with Gasteiger partial charge in [-0.3, -0.25) is 4.79 Å². The van der Waals surface area contributed by atoms with Crippen LogP contribution in [0.5, 0.6) is 5.88 Å². The molecule has 0 bridgehead atoms. The Bertz CT molecular complexity index is 1080. The van der Waals surface area contributed by atoms with E-state index in [1.807, 2.05) is 12.1 Å². The smallest absolute Gasteiger partial charge is 0.305 e. The third kappa shape index (κ3) is 5.85. The molecule has 3 aromatic rings. The summed E-state index contributed by atoms with van der Waals surface area (Å²) < 4.78 is 5.71. The molecule has 0 amide bonds. The van der Waals surface area contributed by atoms with Gasteiger partial charge in [-0.25, -0.2) is 15.0 Å². The first-order chi connectivity index (χ1) is 15.6. The molecular weight excluding hydrogens is 430 g/mol. The molecule has 1 unspecified atom stereocenters. The van der Waals surface area contributed by atoms with Crippen molar-refractivity contribution in [3.05, 3.63) is 70.6 Å². The van der Waals surface area contributed by atoms with E-state index in [0.717, 1.165) is 36.5 Å². The van der Waals surface area contributed by atoms with E-state index in [1.54, 1.807) is 18.2 Å². The van der Waals surface area contributed by atoms with Crippen LogP contribution in [0.3, 0.4) is 0 Å². The molecule has 0 saturated heterocycles. The highest BCUT2D eigenvalue weighted by Gasteiger charge is 2.17. The maximum Gasteiger partial charge on any atom is 0.305 e. The molecule has 0 saturated carbocycles. The number of aliphatic carboxylic acids is 1. The van der Waals surface area contributed by atoms with Crippen LogP contribution in [-0.4, -0.2) is 39.2 Å². The fourth-order valence-corrected chi connectivity index (χ4v) is 3.76. The van der Waals surface area contributed by atoms with Crippen molar-refractivity contribution in [2.75, 3.05) is 23.8 Å². The molecule has 3 N–H and O–H groups in total. The van der Waals surface area contributed by atoms with Gasteiger partial charge in [-0.15, -0.1) is 0 Å². The first-order valence-electron chi connectivity index (χ1n) is 10.5. The Kier molecular flexibility index (Phi) is 7.01. The molecule has 2 aromatic heterocycles. The predicted octanol–water partition coefficient (Wildman–Crippen LogP) is 4.13. The van der Waals surface area contributed by atoms with Gasteiger partial charge < -0.3 is 20.5 Å². The zero-order chi connectivity index (χ0) is 22.3. The maximum atomic E-state index is 11.3. The molecule has 0 spiro atoms. The Morgan fingerprint density at radius 2 is 2.16 bits per heavy atom. The molecule has 0 fully saturated rings. The molecule has 1 aliphatic heterocycles. The van der Waals surface area contributed by atoms with E-state index in [9.17, 15) is 9.90 Å². The molecule has 32 heavy (non-hydrogen) atoms. The Labute approximate surface area is 191 Å². The Balaban J connectivity index is 1.33. The number of carbonyl (C=O) groups is 1. The number of hydrogen-bond acceptors (Lipinski definition) is 7. The number of halogens is 1. The van der Waals surface area contributed by atoms with Crippen molar-refractivity contribution in [1.82, 2.24) is 15.0 Å². The van der Waals surface area contributed by atoms with Gasteiger partial charge in [0.25, 0.3) is 0 Å². The lowest BCUT2D eigenvalue weighted by atomic mass is 10.0. The van der Waals surface area contributed by atoms with Crippen LogP contribution in [0.1, 0.15) is 35.7 Å². The normalized spacial score (nSPS) is 13.5. The highest BCUT2D eigenvalue weighted by atomic mass is 35.5. The Morgan fingerprint density at radius 3 is 2.94 bits per heavy atom. The molecule has 8 nitrogen and oxygen atoms in total. The van der Waals surface area contributed by atoms with E-state index in [-0.39, 0.29) is 6.42 Å². The standard InChI is InChI=1S/C23H24ClN5O3/c24-17-5-1-3-16(11-17)19(12-22(30)31)29-20-13-27-21(14-26-20)32-10-8-18-7-6-15-4-2-9-25-23(15)28-18/h1,3,5-7,11,13-14,19H,2,4,8-10,12H2,(H,25,28)(H,26,29)(H,30,31).